The molecule has 0 aromatic heterocycles. The van der Waals surface area contributed by atoms with Crippen molar-refractivity contribution >= 4 is 46.2 Å². The Kier molecular flexibility index (Phi) is 7.79. The summed E-state index contributed by atoms with van der Waals surface area (Å²) in [6, 6.07) is 20.2. The van der Waals surface area contributed by atoms with E-state index in [4.69, 9.17) is 21.7 Å². The van der Waals surface area contributed by atoms with Crippen molar-refractivity contribution in [1.82, 2.24) is 10.4 Å². The van der Waals surface area contributed by atoms with Gasteiger partial charge in [-0.15, -0.1) is 0 Å². The molecule has 1 aliphatic rings. The van der Waals surface area contributed by atoms with Gasteiger partial charge in [-0.25, -0.2) is 4.39 Å². The zero-order chi connectivity index (χ0) is 24.8. The fraction of sp³-hybridized carbons (Fsp3) is 0.115. The molecule has 0 saturated carbocycles. The summed E-state index contributed by atoms with van der Waals surface area (Å²) in [7, 11) is 0. The first kappa shape index (κ1) is 24.4. The third-order valence-electron chi connectivity index (χ3n) is 4.95. The zero-order valence-corrected chi connectivity index (χ0v) is 20.3. The molecule has 0 spiro atoms. The molecular formula is C26H21FN2O4S2. The van der Waals surface area contributed by atoms with E-state index in [2.05, 4.69) is 5.43 Å². The lowest BCUT2D eigenvalue weighted by molar-refractivity contribution is -0.123. The minimum Gasteiger partial charge on any atom is -0.490 e. The highest BCUT2D eigenvalue weighted by Crippen LogP contribution is 2.34. The van der Waals surface area contributed by atoms with Crippen molar-refractivity contribution in [3.05, 3.63) is 100 Å². The Morgan fingerprint density at radius 2 is 1.80 bits per heavy atom. The number of ether oxygens (including phenoxy) is 2. The van der Waals surface area contributed by atoms with Crippen molar-refractivity contribution < 1.29 is 23.5 Å². The van der Waals surface area contributed by atoms with Crippen molar-refractivity contribution in [2.24, 2.45) is 0 Å². The average molecular weight is 509 g/mol. The van der Waals surface area contributed by atoms with Gasteiger partial charge in [0.25, 0.3) is 11.8 Å². The summed E-state index contributed by atoms with van der Waals surface area (Å²) in [6.07, 6.45) is 1.66. The molecule has 1 N–H and O–H groups in total. The number of hydrazine groups is 1. The van der Waals surface area contributed by atoms with Crippen LogP contribution in [-0.2, 0) is 11.4 Å². The van der Waals surface area contributed by atoms with Gasteiger partial charge in [0.1, 0.15) is 12.4 Å². The van der Waals surface area contributed by atoms with Gasteiger partial charge in [-0.1, -0.05) is 54.2 Å². The maximum Gasteiger partial charge on any atom is 0.285 e. The first-order valence-electron chi connectivity index (χ1n) is 10.7. The Hall–Kier alpha value is -3.69. The van der Waals surface area contributed by atoms with Crippen LogP contribution in [0.15, 0.2) is 77.7 Å². The summed E-state index contributed by atoms with van der Waals surface area (Å²) in [6.45, 7) is 2.28. The van der Waals surface area contributed by atoms with Gasteiger partial charge in [0.2, 0.25) is 0 Å². The van der Waals surface area contributed by atoms with Crippen molar-refractivity contribution in [1.29, 1.82) is 0 Å². The lowest BCUT2D eigenvalue weighted by Gasteiger charge is -2.15. The predicted molar refractivity (Wildman–Crippen MR) is 137 cm³/mol. The topological polar surface area (TPSA) is 67.9 Å². The first-order chi connectivity index (χ1) is 17.0. The van der Waals surface area contributed by atoms with Crippen LogP contribution < -0.4 is 14.9 Å². The molecule has 2 amide bonds. The number of nitrogens with zero attached hydrogens (tertiary/aromatic N) is 1. The summed E-state index contributed by atoms with van der Waals surface area (Å²) >= 11 is 6.38. The van der Waals surface area contributed by atoms with Gasteiger partial charge in [0, 0.05) is 11.1 Å². The van der Waals surface area contributed by atoms with Crippen LogP contribution >= 0.6 is 24.0 Å². The second kappa shape index (κ2) is 11.2. The number of thiocarbonyl (C=S) groups is 1. The van der Waals surface area contributed by atoms with Gasteiger partial charge in [-0.05, 0) is 61.1 Å². The molecule has 0 aliphatic carbocycles. The third kappa shape index (κ3) is 5.87. The Bertz CT molecular complexity index is 1300. The molecule has 1 saturated heterocycles. The summed E-state index contributed by atoms with van der Waals surface area (Å²) < 4.78 is 25.6. The molecule has 0 bridgehead atoms. The fourth-order valence-electron chi connectivity index (χ4n) is 3.24. The van der Waals surface area contributed by atoms with Gasteiger partial charge >= 0.3 is 0 Å². The van der Waals surface area contributed by atoms with Crippen LogP contribution in [-0.4, -0.2) is 27.8 Å². The Balaban J connectivity index is 1.49. The molecule has 35 heavy (non-hydrogen) atoms. The zero-order valence-electron chi connectivity index (χ0n) is 18.7. The van der Waals surface area contributed by atoms with Crippen LogP contribution in [0.2, 0.25) is 0 Å². The highest BCUT2D eigenvalue weighted by molar-refractivity contribution is 8.26. The van der Waals surface area contributed by atoms with Gasteiger partial charge < -0.3 is 9.47 Å². The highest BCUT2D eigenvalue weighted by atomic mass is 32.2. The van der Waals surface area contributed by atoms with Gasteiger partial charge in [-0.3, -0.25) is 15.0 Å². The van der Waals surface area contributed by atoms with E-state index in [1.807, 2.05) is 6.92 Å². The number of benzene rings is 3. The lowest BCUT2D eigenvalue weighted by Crippen LogP contribution is -2.44. The number of nitrogens with one attached hydrogen (secondary N) is 1. The van der Waals surface area contributed by atoms with Crippen LogP contribution in [0.25, 0.3) is 6.08 Å². The largest absolute Gasteiger partial charge is 0.490 e. The molecule has 1 aliphatic heterocycles. The summed E-state index contributed by atoms with van der Waals surface area (Å²) in [5, 5.41) is 1.07. The van der Waals surface area contributed by atoms with E-state index in [0.717, 1.165) is 16.8 Å². The Labute approximate surface area is 211 Å². The van der Waals surface area contributed by atoms with Crippen LogP contribution in [0.3, 0.4) is 0 Å². The van der Waals surface area contributed by atoms with Crippen LogP contribution in [0.4, 0.5) is 4.39 Å². The Morgan fingerprint density at radius 3 is 2.54 bits per heavy atom. The van der Waals surface area contributed by atoms with Crippen LogP contribution in [0.1, 0.15) is 28.4 Å². The second-order valence-corrected chi connectivity index (χ2v) is 9.02. The molecule has 1 fully saturated rings. The van der Waals surface area contributed by atoms with E-state index >= 15 is 0 Å². The molecule has 3 aromatic carbocycles. The quantitative estimate of drug-likeness (QED) is 0.327. The summed E-state index contributed by atoms with van der Waals surface area (Å²) in [5.74, 6) is -0.288. The standard InChI is InChI=1S/C26H21FN2O4S2/c1-2-32-22-14-17(12-13-21(22)33-16-19-10-6-7-11-20(19)27)15-23-25(31)29(26(34)35-23)28-24(30)18-8-4-3-5-9-18/h3-15H,2,16H2,1H3,(H,28,30)/b23-15+. The molecular weight excluding hydrogens is 487 g/mol. The van der Waals surface area contributed by atoms with Gasteiger partial charge in [-0.2, -0.15) is 5.01 Å². The lowest BCUT2D eigenvalue weighted by atomic mass is 10.1. The second-order valence-electron chi connectivity index (χ2n) is 7.34. The highest BCUT2D eigenvalue weighted by Gasteiger charge is 2.33. The van der Waals surface area contributed by atoms with E-state index in [1.54, 1.807) is 72.8 Å². The predicted octanol–water partition coefficient (Wildman–Crippen LogP) is 5.35. The molecule has 0 radical (unpaired) electrons. The van der Waals surface area contributed by atoms with E-state index in [9.17, 15) is 14.0 Å². The summed E-state index contributed by atoms with van der Waals surface area (Å²) in [5.41, 5.74) is 4.08. The van der Waals surface area contributed by atoms with E-state index in [-0.39, 0.29) is 16.7 Å². The Morgan fingerprint density at radius 1 is 1.06 bits per heavy atom. The van der Waals surface area contributed by atoms with Crippen molar-refractivity contribution in [3.63, 3.8) is 0 Å². The van der Waals surface area contributed by atoms with E-state index in [1.165, 1.54) is 6.07 Å². The minimum absolute atomic E-state index is 0.0475. The third-order valence-corrected chi connectivity index (χ3v) is 6.25. The van der Waals surface area contributed by atoms with Crippen LogP contribution in [0.5, 0.6) is 11.5 Å². The number of rotatable bonds is 8. The monoisotopic (exact) mass is 508 g/mol. The van der Waals surface area contributed by atoms with Crippen LogP contribution in [0, 0.1) is 5.82 Å². The normalized spacial score (nSPS) is 14.3. The minimum atomic E-state index is -0.432. The number of carbonyl (C=O) groups excluding carboxylic acids is 2. The number of hydrogen-bond acceptors (Lipinski definition) is 6. The maximum absolute atomic E-state index is 13.9. The van der Waals surface area contributed by atoms with Crippen molar-refractivity contribution in [2.45, 2.75) is 13.5 Å². The van der Waals surface area contributed by atoms with E-state index < -0.39 is 11.8 Å². The number of halogens is 1. The van der Waals surface area contributed by atoms with Gasteiger partial charge in [0.05, 0.1) is 11.5 Å². The first-order valence-corrected chi connectivity index (χ1v) is 12.0. The average Bonchev–Trinajstić information content (AvgIpc) is 3.12. The molecule has 178 valence electrons. The van der Waals surface area contributed by atoms with Crippen molar-refractivity contribution in [3.8, 4) is 11.5 Å². The molecule has 1 heterocycles. The molecule has 0 unspecified atom stereocenters. The molecule has 6 nitrogen and oxygen atoms in total. The molecule has 0 atom stereocenters. The maximum atomic E-state index is 13.9. The molecule has 4 rings (SSSR count). The van der Waals surface area contributed by atoms with Gasteiger partial charge in [0.15, 0.2) is 15.8 Å². The van der Waals surface area contributed by atoms with Crippen molar-refractivity contribution in [2.75, 3.05) is 6.61 Å². The fourth-order valence-corrected chi connectivity index (χ4v) is 4.42. The number of carbonyl (C=O) groups is 2. The molecule has 3 aromatic rings. The number of hydrogen-bond donors (Lipinski definition) is 1. The number of thioether (sulfide) groups is 1. The number of amides is 2. The SMILES string of the molecule is CCOc1cc(/C=C2/SC(=S)N(NC(=O)c3ccccc3)C2=O)ccc1OCc1ccccc1F. The van der Waals surface area contributed by atoms with E-state index in [0.29, 0.717) is 39.7 Å². The smallest absolute Gasteiger partial charge is 0.285 e. The molecule has 9 heteroatoms. The summed E-state index contributed by atoms with van der Waals surface area (Å²) in [4.78, 5) is 25.7.